The van der Waals surface area contributed by atoms with E-state index >= 15 is 0 Å². The Bertz CT molecular complexity index is 523. The van der Waals surface area contributed by atoms with Gasteiger partial charge in [-0.05, 0) is 24.6 Å². The summed E-state index contributed by atoms with van der Waals surface area (Å²) in [5.41, 5.74) is 6.71. The first-order chi connectivity index (χ1) is 8.31. The van der Waals surface area contributed by atoms with Gasteiger partial charge in [0.15, 0.2) is 0 Å². The van der Waals surface area contributed by atoms with E-state index in [9.17, 15) is 0 Å². The zero-order valence-electron chi connectivity index (χ0n) is 10.2. The molecule has 0 spiro atoms. The fraction of sp³-hybridized carbons (Fsp3) is 0.286. The van der Waals surface area contributed by atoms with Gasteiger partial charge in [-0.3, -0.25) is 0 Å². The van der Waals surface area contributed by atoms with Crippen LogP contribution in [0.15, 0.2) is 30.3 Å². The van der Waals surface area contributed by atoms with Crippen molar-refractivity contribution < 1.29 is 9.47 Å². The molecule has 0 aliphatic heterocycles. The fourth-order valence-electron chi connectivity index (χ4n) is 2.12. The molecule has 2 rings (SSSR count). The van der Waals surface area contributed by atoms with Crippen LogP contribution in [0.2, 0.25) is 0 Å². The SMILES string of the molecule is COc1cc(CCN)c(OC)c2cc[13cH]cc12. The quantitative estimate of drug-likeness (QED) is 0.880. The highest BCUT2D eigenvalue weighted by Crippen LogP contribution is 2.36. The van der Waals surface area contributed by atoms with Crippen LogP contribution in [0, 0.1) is 0 Å². The van der Waals surface area contributed by atoms with E-state index in [1.54, 1.807) is 14.2 Å². The van der Waals surface area contributed by atoms with Gasteiger partial charge >= 0.3 is 0 Å². The van der Waals surface area contributed by atoms with Crippen molar-refractivity contribution >= 4 is 10.8 Å². The van der Waals surface area contributed by atoms with Crippen molar-refractivity contribution in [2.24, 2.45) is 5.73 Å². The molecule has 0 saturated heterocycles. The first-order valence-corrected chi connectivity index (χ1v) is 5.64. The molecule has 0 amide bonds. The lowest BCUT2D eigenvalue weighted by atomic mass is 10.0. The van der Waals surface area contributed by atoms with Crippen molar-refractivity contribution in [3.05, 3.63) is 35.9 Å². The van der Waals surface area contributed by atoms with Gasteiger partial charge < -0.3 is 15.2 Å². The second kappa shape index (κ2) is 5.06. The number of hydrogen-bond donors (Lipinski definition) is 1. The molecule has 0 unspecified atom stereocenters. The van der Waals surface area contributed by atoms with Gasteiger partial charge in [-0.2, -0.15) is 0 Å². The summed E-state index contributed by atoms with van der Waals surface area (Å²) in [6.07, 6.45) is 0.782. The van der Waals surface area contributed by atoms with Crippen LogP contribution < -0.4 is 15.2 Å². The number of rotatable bonds is 4. The third-order valence-electron chi connectivity index (χ3n) is 2.87. The van der Waals surface area contributed by atoms with E-state index in [-0.39, 0.29) is 0 Å². The highest BCUT2D eigenvalue weighted by atomic mass is 16.5. The molecule has 3 nitrogen and oxygen atoms in total. The molecule has 0 bridgehead atoms. The van der Waals surface area contributed by atoms with Crippen LogP contribution in [0.1, 0.15) is 5.56 Å². The van der Waals surface area contributed by atoms with Gasteiger partial charge in [-0.25, -0.2) is 0 Å². The molecule has 0 aromatic heterocycles. The van der Waals surface area contributed by atoms with Gasteiger partial charge in [0.05, 0.1) is 14.2 Å². The first-order valence-electron chi connectivity index (χ1n) is 5.64. The molecular formula is C14H17NO2. The molecule has 17 heavy (non-hydrogen) atoms. The highest BCUT2D eigenvalue weighted by Gasteiger charge is 2.12. The monoisotopic (exact) mass is 232 g/mol. The van der Waals surface area contributed by atoms with Crippen LogP contribution in [0.5, 0.6) is 11.5 Å². The van der Waals surface area contributed by atoms with Gasteiger partial charge in [0.1, 0.15) is 11.5 Å². The topological polar surface area (TPSA) is 44.5 Å². The largest absolute Gasteiger partial charge is 0.496 e. The highest BCUT2D eigenvalue weighted by molar-refractivity contribution is 5.94. The van der Waals surface area contributed by atoms with Crippen LogP contribution in [0.4, 0.5) is 0 Å². The predicted octanol–water partition coefficient (Wildman–Crippen LogP) is 2.36. The molecule has 90 valence electrons. The Morgan fingerprint density at radius 3 is 2.35 bits per heavy atom. The van der Waals surface area contributed by atoms with Gasteiger partial charge in [0.2, 0.25) is 0 Å². The van der Waals surface area contributed by atoms with Crippen molar-refractivity contribution in [2.75, 3.05) is 20.8 Å². The number of ether oxygens (including phenoxy) is 2. The number of benzene rings is 2. The van der Waals surface area contributed by atoms with Crippen LogP contribution in [-0.4, -0.2) is 20.8 Å². The van der Waals surface area contributed by atoms with Crippen molar-refractivity contribution in [3.8, 4) is 11.5 Å². The summed E-state index contributed by atoms with van der Waals surface area (Å²) in [4.78, 5) is 0. The van der Waals surface area contributed by atoms with Crippen molar-refractivity contribution in [3.63, 3.8) is 0 Å². The third kappa shape index (κ3) is 2.06. The average Bonchev–Trinajstić information content (AvgIpc) is 2.38. The third-order valence-corrected chi connectivity index (χ3v) is 2.87. The van der Waals surface area contributed by atoms with Crippen molar-refractivity contribution in [2.45, 2.75) is 6.42 Å². The number of nitrogens with two attached hydrogens (primary N) is 1. The molecule has 0 atom stereocenters. The number of methoxy groups -OCH3 is 2. The molecule has 3 heteroatoms. The molecule has 2 aromatic carbocycles. The van der Waals surface area contributed by atoms with Crippen LogP contribution in [0.3, 0.4) is 0 Å². The Balaban J connectivity index is 2.74. The Kier molecular flexibility index (Phi) is 3.49. The maximum atomic E-state index is 5.62. The van der Waals surface area contributed by atoms with Crippen molar-refractivity contribution in [1.29, 1.82) is 0 Å². The lowest BCUT2D eigenvalue weighted by Crippen LogP contribution is -2.05. The molecule has 2 N–H and O–H groups in total. The zero-order chi connectivity index (χ0) is 12.3. The Hall–Kier alpha value is -1.74. The minimum absolute atomic E-state index is 0.595. The number of hydrogen-bond acceptors (Lipinski definition) is 3. The molecule has 0 aliphatic rings. The second-order valence-corrected chi connectivity index (χ2v) is 3.86. The first kappa shape index (κ1) is 11.7. The Labute approximate surface area is 101 Å². The standard InChI is InChI=1S/C14H17NO2/c1-16-13-9-10(7-8-15)14(17-2)12-6-4-3-5-11(12)13/h3-6,9H,7-8,15H2,1-2H3/i3+1. The molecule has 0 saturated carbocycles. The lowest BCUT2D eigenvalue weighted by molar-refractivity contribution is 0.406. The van der Waals surface area contributed by atoms with Gasteiger partial charge in [0, 0.05) is 10.8 Å². The maximum Gasteiger partial charge on any atom is 0.130 e. The normalized spacial score (nSPS) is 10.5. The van der Waals surface area contributed by atoms with Crippen molar-refractivity contribution in [1.82, 2.24) is 0 Å². The summed E-state index contributed by atoms with van der Waals surface area (Å²) in [6, 6.07) is 10.1. The minimum atomic E-state index is 0.595. The molecule has 0 heterocycles. The second-order valence-electron chi connectivity index (χ2n) is 3.86. The fourth-order valence-corrected chi connectivity index (χ4v) is 2.12. The Morgan fingerprint density at radius 1 is 1.06 bits per heavy atom. The van der Waals surface area contributed by atoms with Crippen LogP contribution in [-0.2, 0) is 6.42 Å². The molecular weight excluding hydrogens is 215 g/mol. The predicted molar refractivity (Wildman–Crippen MR) is 69.8 cm³/mol. The molecule has 0 fully saturated rings. The minimum Gasteiger partial charge on any atom is -0.496 e. The maximum absolute atomic E-state index is 5.62. The molecule has 0 aliphatic carbocycles. The summed E-state index contributed by atoms with van der Waals surface area (Å²) in [5, 5.41) is 2.13. The van der Waals surface area contributed by atoms with Gasteiger partial charge in [-0.15, -0.1) is 0 Å². The number of fused-ring (bicyclic) bond motifs is 1. The van der Waals surface area contributed by atoms with Crippen LogP contribution in [0.25, 0.3) is 10.8 Å². The Morgan fingerprint density at radius 2 is 1.76 bits per heavy atom. The molecule has 2 aromatic rings. The summed E-state index contributed by atoms with van der Waals surface area (Å²) >= 11 is 0. The van der Waals surface area contributed by atoms with E-state index in [1.165, 1.54) is 0 Å². The summed E-state index contributed by atoms with van der Waals surface area (Å²) in [6.45, 7) is 0.595. The summed E-state index contributed by atoms with van der Waals surface area (Å²) < 4.78 is 10.9. The lowest BCUT2D eigenvalue weighted by Gasteiger charge is -2.14. The van der Waals surface area contributed by atoms with E-state index in [1.807, 2.05) is 30.3 Å². The van der Waals surface area contributed by atoms with Gasteiger partial charge in [0.25, 0.3) is 0 Å². The average molecular weight is 232 g/mol. The van der Waals surface area contributed by atoms with E-state index in [4.69, 9.17) is 15.2 Å². The summed E-state index contributed by atoms with van der Waals surface area (Å²) in [5.74, 6) is 1.76. The van der Waals surface area contributed by atoms with E-state index in [0.29, 0.717) is 6.54 Å². The van der Waals surface area contributed by atoms with Crippen LogP contribution >= 0.6 is 0 Å². The molecule has 0 radical (unpaired) electrons. The smallest absolute Gasteiger partial charge is 0.130 e. The summed E-state index contributed by atoms with van der Waals surface area (Å²) in [7, 11) is 3.37. The van der Waals surface area contributed by atoms with E-state index in [0.717, 1.165) is 34.3 Å². The van der Waals surface area contributed by atoms with E-state index in [2.05, 4.69) is 0 Å². The zero-order valence-corrected chi connectivity index (χ0v) is 10.2. The van der Waals surface area contributed by atoms with E-state index < -0.39 is 0 Å². The van der Waals surface area contributed by atoms with Gasteiger partial charge in [-0.1, -0.05) is 24.3 Å².